The molecular weight excluding hydrogens is 244 g/mol. The number of carboxylic acids is 1. The zero-order chi connectivity index (χ0) is 14.5. The molecule has 1 aliphatic carbocycles. The molecule has 1 aliphatic rings. The molecule has 0 bridgehead atoms. The molecule has 1 fully saturated rings. The van der Waals surface area contributed by atoms with Gasteiger partial charge >= 0.3 is 12.0 Å². The van der Waals surface area contributed by atoms with Crippen LogP contribution < -0.4 is 10.6 Å². The fourth-order valence-corrected chi connectivity index (χ4v) is 2.34. The molecule has 106 valence electrons. The van der Waals surface area contributed by atoms with Crippen LogP contribution in [0.4, 0.5) is 4.79 Å². The van der Waals surface area contributed by atoms with Crippen LogP contribution in [-0.4, -0.2) is 28.7 Å². The Balaban J connectivity index is 2.67. The molecule has 1 rings (SSSR count). The maximum atomic E-state index is 11.9. The van der Waals surface area contributed by atoms with Crippen molar-refractivity contribution in [2.24, 2.45) is 5.92 Å². The molecule has 1 unspecified atom stereocenters. The van der Waals surface area contributed by atoms with Crippen molar-refractivity contribution in [2.75, 3.05) is 0 Å². The van der Waals surface area contributed by atoms with Gasteiger partial charge in [-0.15, -0.1) is 6.42 Å². The van der Waals surface area contributed by atoms with Crippen LogP contribution in [0.5, 0.6) is 0 Å². The molecule has 0 aromatic rings. The van der Waals surface area contributed by atoms with E-state index in [4.69, 9.17) is 6.42 Å². The zero-order valence-electron chi connectivity index (χ0n) is 11.5. The van der Waals surface area contributed by atoms with E-state index in [1.54, 1.807) is 0 Å². The second-order valence-corrected chi connectivity index (χ2v) is 5.43. The molecule has 0 aromatic carbocycles. The fraction of sp³-hybridized carbons (Fsp3) is 0.714. The molecule has 1 saturated carbocycles. The number of rotatable bonds is 4. The minimum Gasteiger partial charge on any atom is -0.480 e. The Morgan fingerprint density at radius 2 is 1.84 bits per heavy atom. The average molecular weight is 266 g/mol. The molecular formula is C14H22N2O3. The van der Waals surface area contributed by atoms with Crippen LogP contribution in [-0.2, 0) is 4.79 Å². The molecule has 0 spiro atoms. The molecule has 0 heterocycles. The van der Waals surface area contributed by atoms with Crippen LogP contribution in [0.15, 0.2) is 0 Å². The Morgan fingerprint density at radius 1 is 1.26 bits per heavy atom. The maximum Gasteiger partial charge on any atom is 0.329 e. The number of hydrogen-bond acceptors (Lipinski definition) is 2. The first-order valence-electron chi connectivity index (χ1n) is 6.69. The Bertz CT molecular complexity index is 379. The van der Waals surface area contributed by atoms with E-state index in [2.05, 4.69) is 16.6 Å². The van der Waals surface area contributed by atoms with Gasteiger partial charge in [0.05, 0.1) is 6.04 Å². The Labute approximate surface area is 114 Å². The van der Waals surface area contributed by atoms with Crippen molar-refractivity contribution >= 4 is 12.0 Å². The minimum atomic E-state index is -1.14. The first-order valence-corrected chi connectivity index (χ1v) is 6.69. The summed E-state index contributed by atoms with van der Waals surface area (Å²) in [5, 5.41) is 14.6. The van der Waals surface area contributed by atoms with E-state index >= 15 is 0 Å². The number of carbonyl (C=O) groups excluding carboxylic acids is 1. The van der Waals surface area contributed by atoms with Gasteiger partial charge in [-0.05, 0) is 18.8 Å². The van der Waals surface area contributed by atoms with Crippen LogP contribution in [0.3, 0.4) is 0 Å². The van der Waals surface area contributed by atoms with E-state index in [9.17, 15) is 14.7 Å². The molecule has 5 nitrogen and oxygen atoms in total. The number of nitrogens with one attached hydrogen (secondary N) is 2. The third-order valence-corrected chi connectivity index (χ3v) is 3.60. The van der Waals surface area contributed by atoms with Crippen molar-refractivity contribution in [1.82, 2.24) is 10.6 Å². The average Bonchev–Trinajstić information content (AvgIpc) is 2.36. The maximum absolute atomic E-state index is 11.9. The fourth-order valence-electron chi connectivity index (χ4n) is 2.34. The summed E-state index contributed by atoms with van der Waals surface area (Å²) >= 11 is 0. The number of terminal acetylenes is 1. The van der Waals surface area contributed by atoms with E-state index < -0.39 is 23.6 Å². The second-order valence-electron chi connectivity index (χ2n) is 5.43. The summed E-state index contributed by atoms with van der Waals surface area (Å²) in [5.41, 5.74) is -1.14. The summed E-state index contributed by atoms with van der Waals surface area (Å²) in [6.07, 6.45) is 8.92. The Kier molecular flexibility index (Phi) is 5.22. The number of amides is 2. The van der Waals surface area contributed by atoms with Crippen LogP contribution in [0.1, 0.15) is 46.0 Å². The quantitative estimate of drug-likeness (QED) is 0.678. The predicted octanol–water partition coefficient (Wildman–Crippen LogP) is 1.73. The lowest BCUT2D eigenvalue weighted by Gasteiger charge is -2.34. The molecule has 0 aliphatic heterocycles. The van der Waals surface area contributed by atoms with Gasteiger partial charge in [0.1, 0.15) is 5.54 Å². The van der Waals surface area contributed by atoms with Gasteiger partial charge in [0.25, 0.3) is 0 Å². The number of urea groups is 1. The highest BCUT2D eigenvalue weighted by Crippen LogP contribution is 2.28. The third-order valence-electron chi connectivity index (χ3n) is 3.60. The van der Waals surface area contributed by atoms with Gasteiger partial charge in [0.15, 0.2) is 0 Å². The molecule has 1 atom stereocenters. The summed E-state index contributed by atoms with van der Waals surface area (Å²) in [6, 6.07) is -0.893. The third kappa shape index (κ3) is 3.88. The largest absolute Gasteiger partial charge is 0.480 e. The van der Waals surface area contributed by atoms with Crippen LogP contribution in [0, 0.1) is 18.3 Å². The van der Waals surface area contributed by atoms with Crippen molar-refractivity contribution in [3.05, 3.63) is 0 Å². The number of carbonyl (C=O) groups is 2. The number of aliphatic carboxylic acids is 1. The molecule has 19 heavy (non-hydrogen) atoms. The van der Waals surface area contributed by atoms with Crippen molar-refractivity contribution in [3.63, 3.8) is 0 Å². The summed E-state index contributed by atoms with van der Waals surface area (Å²) in [6.45, 7) is 3.80. The van der Waals surface area contributed by atoms with E-state index in [0.717, 1.165) is 19.3 Å². The highest BCUT2D eigenvalue weighted by Gasteiger charge is 2.41. The SMILES string of the molecule is C#CC(NC(=O)NC1(C(=O)O)CCCCC1)C(C)C. The lowest BCUT2D eigenvalue weighted by Crippen LogP contribution is -2.59. The van der Waals surface area contributed by atoms with E-state index in [0.29, 0.717) is 12.8 Å². The van der Waals surface area contributed by atoms with E-state index in [1.807, 2.05) is 13.8 Å². The summed E-state index contributed by atoms with van der Waals surface area (Å²) < 4.78 is 0. The molecule has 0 aromatic heterocycles. The minimum absolute atomic E-state index is 0.0999. The molecule has 2 amide bonds. The van der Waals surface area contributed by atoms with E-state index in [-0.39, 0.29) is 5.92 Å². The first kappa shape index (κ1) is 15.4. The molecule has 5 heteroatoms. The van der Waals surface area contributed by atoms with Gasteiger partial charge in [-0.2, -0.15) is 0 Å². The van der Waals surface area contributed by atoms with Crippen molar-refractivity contribution in [2.45, 2.75) is 57.5 Å². The van der Waals surface area contributed by atoms with Crippen molar-refractivity contribution < 1.29 is 14.7 Å². The monoisotopic (exact) mass is 266 g/mol. The van der Waals surface area contributed by atoms with Gasteiger partial charge in [-0.25, -0.2) is 9.59 Å². The highest BCUT2D eigenvalue weighted by molar-refractivity contribution is 5.86. The standard InChI is InChI=1S/C14H22N2O3/c1-4-11(10(2)3)15-13(19)16-14(12(17)18)8-6-5-7-9-14/h1,10-11H,5-9H2,2-3H3,(H,17,18)(H2,15,16,19). The van der Waals surface area contributed by atoms with Gasteiger partial charge in [-0.3, -0.25) is 0 Å². The Morgan fingerprint density at radius 3 is 2.26 bits per heavy atom. The topological polar surface area (TPSA) is 78.4 Å². The van der Waals surface area contributed by atoms with Gasteiger partial charge in [0, 0.05) is 0 Å². The van der Waals surface area contributed by atoms with Crippen molar-refractivity contribution in [3.8, 4) is 12.3 Å². The molecule has 0 saturated heterocycles. The van der Waals surface area contributed by atoms with Crippen LogP contribution in [0.2, 0.25) is 0 Å². The molecule has 0 radical (unpaired) electrons. The molecule has 3 N–H and O–H groups in total. The van der Waals surface area contributed by atoms with Crippen LogP contribution in [0.25, 0.3) is 0 Å². The van der Waals surface area contributed by atoms with Gasteiger partial charge in [-0.1, -0.05) is 39.0 Å². The lowest BCUT2D eigenvalue weighted by atomic mass is 9.82. The predicted molar refractivity (Wildman–Crippen MR) is 72.6 cm³/mol. The van der Waals surface area contributed by atoms with Gasteiger partial charge < -0.3 is 15.7 Å². The summed E-state index contributed by atoms with van der Waals surface area (Å²) in [5.74, 6) is 1.62. The number of hydrogen-bond donors (Lipinski definition) is 3. The van der Waals surface area contributed by atoms with Crippen molar-refractivity contribution in [1.29, 1.82) is 0 Å². The number of carboxylic acid groups (broad SMARTS) is 1. The smallest absolute Gasteiger partial charge is 0.329 e. The lowest BCUT2D eigenvalue weighted by molar-refractivity contribution is -0.145. The first-order chi connectivity index (χ1) is 8.91. The Hall–Kier alpha value is -1.70. The van der Waals surface area contributed by atoms with Gasteiger partial charge in [0.2, 0.25) is 0 Å². The zero-order valence-corrected chi connectivity index (χ0v) is 11.5. The normalized spacial score (nSPS) is 19.3. The highest BCUT2D eigenvalue weighted by atomic mass is 16.4. The summed E-state index contributed by atoms with van der Waals surface area (Å²) in [4.78, 5) is 23.3. The van der Waals surface area contributed by atoms with E-state index in [1.165, 1.54) is 0 Å². The summed E-state index contributed by atoms with van der Waals surface area (Å²) in [7, 11) is 0. The second kappa shape index (κ2) is 6.46. The van der Waals surface area contributed by atoms with Crippen LogP contribution >= 0.6 is 0 Å².